The minimum absolute atomic E-state index is 0.276. The molecule has 1 fully saturated rings. The van der Waals surface area contributed by atoms with Gasteiger partial charge in [0.2, 0.25) is 0 Å². The van der Waals surface area contributed by atoms with Crippen LogP contribution in [0.1, 0.15) is 25.3 Å². The van der Waals surface area contributed by atoms with Gasteiger partial charge in [-0.25, -0.2) is 0 Å². The highest BCUT2D eigenvalue weighted by molar-refractivity contribution is 5.72. The summed E-state index contributed by atoms with van der Waals surface area (Å²) in [6.07, 6.45) is 0.551. The van der Waals surface area contributed by atoms with E-state index in [1.54, 1.807) is 12.1 Å². The fourth-order valence-corrected chi connectivity index (χ4v) is 2.21. The molecule has 0 bridgehead atoms. The Morgan fingerprint density at radius 2 is 2.24 bits per heavy atom. The lowest BCUT2D eigenvalue weighted by Crippen LogP contribution is -2.44. The number of carboxylic acids is 1. The van der Waals surface area contributed by atoms with E-state index in [1.165, 1.54) is 0 Å². The standard InChI is InChI=1S/C13H16O4/c1-2-17-11-5-3-4-10(6-11)13(16)7-9(8-13)12(14)15/h3-6,9,16H,2,7-8H2,1H3,(H,14,15). The molecule has 92 valence electrons. The third-order valence-corrected chi connectivity index (χ3v) is 3.20. The number of hydrogen-bond donors (Lipinski definition) is 2. The first-order valence-electron chi connectivity index (χ1n) is 5.73. The van der Waals surface area contributed by atoms with Gasteiger partial charge in [-0.1, -0.05) is 12.1 Å². The van der Waals surface area contributed by atoms with Gasteiger partial charge in [0.05, 0.1) is 18.1 Å². The number of carboxylic acid groups (broad SMARTS) is 1. The summed E-state index contributed by atoms with van der Waals surface area (Å²) in [5, 5.41) is 19.1. The number of rotatable bonds is 4. The first-order chi connectivity index (χ1) is 8.05. The van der Waals surface area contributed by atoms with Crippen LogP contribution in [0.4, 0.5) is 0 Å². The number of aliphatic carboxylic acids is 1. The van der Waals surface area contributed by atoms with E-state index in [9.17, 15) is 9.90 Å². The zero-order valence-electron chi connectivity index (χ0n) is 9.72. The van der Waals surface area contributed by atoms with Crippen LogP contribution in [0.2, 0.25) is 0 Å². The third kappa shape index (κ3) is 2.26. The molecule has 0 aliphatic heterocycles. The number of hydrogen-bond acceptors (Lipinski definition) is 3. The highest BCUT2D eigenvalue weighted by atomic mass is 16.5. The van der Waals surface area contributed by atoms with Crippen molar-refractivity contribution in [1.82, 2.24) is 0 Å². The predicted octanol–water partition coefficient (Wildman–Crippen LogP) is 1.77. The van der Waals surface area contributed by atoms with Gasteiger partial charge < -0.3 is 14.9 Å². The van der Waals surface area contributed by atoms with Crippen molar-refractivity contribution >= 4 is 5.97 Å². The quantitative estimate of drug-likeness (QED) is 0.836. The molecule has 0 spiro atoms. The van der Waals surface area contributed by atoms with Crippen molar-refractivity contribution in [2.75, 3.05) is 6.61 Å². The number of ether oxygens (including phenoxy) is 1. The Bertz CT molecular complexity index is 421. The average Bonchev–Trinajstić information content (AvgIpc) is 2.25. The molecule has 17 heavy (non-hydrogen) atoms. The maximum atomic E-state index is 10.7. The molecule has 1 aliphatic carbocycles. The molecule has 4 heteroatoms. The van der Waals surface area contributed by atoms with Crippen LogP contribution < -0.4 is 4.74 Å². The number of benzene rings is 1. The Morgan fingerprint density at radius 1 is 1.53 bits per heavy atom. The van der Waals surface area contributed by atoms with Crippen molar-refractivity contribution < 1.29 is 19.7 Å². The van der Waals surface area contributed by atoms with Crippen molar-refractivity contribution in [3.8, 4) is 5.75 Å². The lowest BCUT2D eigenvalue weighted by molar-refractivity contribution is -0.159. The molecule has 1 aromatic rings. The van der Waals surface area contributed by atoms with Gasteiger partial charge in [-0.15, -0.1) is 0 Å². The van der Waals surface area contributed by atoms with Crippen LogP contribution in [-0.2, 0) is 10.4 Å². The van der Waals surface area contributed by atoms with Crippen LogP contribution in [0, 0.1) is 5.92 Å². The van der Waals surface area contributed by atoms with E-state index >= 15 is 0 Å². The van der Waals surface area contributed by atoms with E-state index in [-0.39, 0.29) is 12.8 Å². The van der Waals surface area contributed by atoms with Crippen molar-refractivity contribution in [3.63, 3.8) is 0 Å². The highest BCUT2D eigenvalue weighted by Crippen LogP contribution is 2.46. The molecule has 0 unspecified atom stereocenters. The first kappa shape index (κ1) is 11.9. The molecule has 2 N–H and O–H groups in total. The predicted molar refractivity (Wildman–Crippen MR) is 61.9 cm³/mol. The van der Waals surface area contributed by atoms with Gasteiger partial charge in [0.1, 0.15) is 5.75 Å². The number of aliphatic hydroxyl groups is 1. The molecule has 0 saturated heterocycles. The zero-order valence-corrected chi connectivity index (χ0v) is 9.72. The second kappa shape index (κ2) is 4.37. The van der Waals surface area contributed by atoms with Gasteiger partial charge in [0, 0.05) is 0 Å². The minimum atomic E-state index is -1.00. The van der Waals surface area contributed by atoms with Gasteiger partial charge in [0.15, 0.2) is 0 Å². The Balaban J connectivity index is 2.13. The van der Waals surface area contributed by atoms with Crippen LogP contribution >= 0.6 is 0 Å². The lowest BCUT2D eigenvalue weighted by Gasteiger charge is -2.41. The molecule has 4 nitrogen and oxygen atoms in total. The summed E-state index contributed by atoms with van der Waals surface area (Å²) in [5.41, 5.74) is -0.267. The van der Waals surface area contributed by atoms with Crippen molar-refractivity contribution in [1.29, 1.82) is 0 Å². The smallest absolute Gasteiger partial charge is 0.306 e. The zero-order chi connectivity index (χ0) is 12.5. The second-order valence-electron chi connectivity index (χ2n) is 4.44. The molecule has 0 aromatic heterocycles. The summed E-state index contributed by atoms with van der Waals surface area (Å²) in [5.74, 6) is -0.566. The monoisotopic (exact) mass is 236 g/mol. The molecule has 0 heterocycles. The normalized spacial score (nSPS) is 27.3. The molecular formula is C13H16O4. The maximum absolute atomic E-state index is 10.7. The van der Waals surface area contributed by atoms with Crippen LogP contribution in [0.5, 0.6) is 5.75 Å². The van der Waals surface area contributed by atoms with Crippen LogP contribution in [0.3, 0.4) is 0 Å². The molecule has 1 saturated carbocycles. The Hall–Kier alpha value is -1.55. The molecule has 0 radical (unpaired) electrons. The second-order valence-corrected chi connectivity index (χ2v) is 4.44. The van der Waals surface area contributed by atoms with Gasteiger partial charge in [-0.3, -0.25) is 4.79 Å². The molecule has 2 rings (SSSR count). The van der Waals surface area contributed by atoms with Crippen molar-refractivity contribution in [2.24, 2.45) is 5.92 Å². The van der Waals surface area contributed by atoms with E-state index in [4.69, 9.17) is 9.84 Å². The summed E-state index contributed by atoms with van der Waals surface area (Å²) in [4.78, 5) is 10.7. The third-order valence-electron chi connectivity index (χ3n) is 3.20. The fourth-order valence-electron chi connectivity index (χ4n) is 2.21. The molecule has 0 amide bonds. The highest BCUT2D eigenvalue weighted by Gasteiger charge is 2.47. The molecule has 0 atom stereocenters. The fraction of sp³-hybridized carbons (Fsp3) is 0.462. The summed E-state index contributed by atoms with van der Waals surface area (Å²) in [7, 11) is 0. The van der Waals surface area contributed by atoms with Crippen LogP contribution in [0.25, 0.3) is 0 Å². The van der Waals surface area contributed by atoms with Crippen molar-refractivity contribution in [3.05, 3.63) is 29.8 Å². The van der Waals surface area contributed by atoms with Gasteiger partial charge in [0.25, 0.3) is 0 Å². The van der Waals surface area contributed by atoms with Gasteiger partial charge in [-0.2, -0.15) is 0 Å². The maximum Gasteiger partial charge on any atom is 0.306 e. The minimum Gasteiger partial charge on any atom is -0.494 e. The topological polar surface area (TPSA) is 66.8 Å². The summed E-state index contributed by atoms with van der Waals surface area (Å²) < 4.78 is 5.36. The SMILES string of the molecule is CCOc1cccc(C2(O)CC(C(=O)O)C2)c1. The molecular weight excluding hydrogens is 220 g/mol. The van der Waals surface area contributed by atoms with E-state index < -0.39 is 17.5 Å². The lowest BCUT2D eigenvalue weighted by atomic mass is 9.67. The van der Waals surface area contributed by atoms with E-state index in [0.29, 0.717) is 12.4 Å². The average molecular weight is 236 g/mol. The molecule has 1 aliphatic rings. The first-order valence-corrected chi connectivity index (χ1v) is 5.73. The Morgan fingerprint density at radius 3 is 2.82 bits per heavy atom. The van der Waals surface area contributed by atoms with Crippen molar-refractivity contribution in [2.45, 2.75) is 25.4 Å². The largest absolute Gasteiger partial charge is 0.494 e. The van der Waals surface area contributed by atoms with E-state index in [0.717, 1.165) is 5.56 Å². The van der Waals surface area contributed by atoms with Gasteiger partial charge >= 0.3 is 5.97 Å². The summed E-state index contributed by atoms with van der Waals surface area (Å²) in [6, 6.07) is 7.22. The number of carbonyl (C=O) groups is 1. The Kier molecular flexibility index (Phi) is 3.07. The summed E-state index contributed by atoms with van der Waals surface area (Å²) >= 11 is 0. The molecule has 1 aromatic carbocycles. The van der Waals surface area contributed by atoms with Crippen LogP contribution in [0.15, 0.2) is 24.3 Å². The van der Waals surface area contributed by atoms with Gasteiger partial charge in [-0.05, 0) is 37.5 Å². The van der Waals surface area contributed by atoms with E-state index in [1.807, 2.05) is 19.1 Å². The van der Waals surface area contributed by atoms with Crippen LogP contribution in [-0.4, -0.2) is 22.8 Å². The van der Waals surface area contributed by atoms with E-state index in [2.05, 4.69) is 0 Å². The summed E-state index contributed by atoms with van der Waals surface area (Å²) in [6.45, 7) is 2.46. The Labute approximate surface area is 99.8 Å².